The number of ether oxygens (including phenoxy) is 1. The average Bonchev–Trinajstić information content (AvgIpc) is 2.39. The van der Waals surface area contributed by atoms with E-state index in [0.29, 0.717) is 18.1 Å². The third-order valence-corrected chi connectivity index (χ3v) is 5.02. The van der Waals surface area contributed by atoms with E-state index in [1.54, 1.807) is 0 Å². The fourth-order valence-electron chi connectivity index (χ4n) is 3.65. The summed E-state index contributed by atoms with van der Waals surface area (Å²) in [4.78, 5) is 2.66. The molecule has 4 atom stereocenters. The SMILES string of the molecule is CCC1COCCN1C1CC(C(C)C)CCC1N. The van der Waals surface area contributed by atoms with Crippen LogP contribution in [0.15, 0.2) is 0 Å². The minimum atomic E-state index is 0.368. The topological polar surface area (TPSA) is 38.5 Å². The maximum atomic E-state index is 6.41. The summed E-state index contributed by atoms with van der Waals surface area (Å²) in [5, 5.41) is 0. The van der Waals surface area contributed by atoms with Crippen molar-refractivity contribution in [1.82, 2.24) is 4.90 Å². The van der Waals surface area contributed by atoms with Crippen molar-refractivity contribution in [2.24, 2.45) is 17.6 Å². The molecule has 0 bridgehead atoms. The van der Waals surface area contributed by atoms with E-state index in [1.165, 1.54) is 25.7 Å². The van der Waals surface area contributed by atoms with Crippen molar-refractivity contribution < 1.29 is 4.74 Å². The van der Waals surface area contributed by atoms with E-state index < -0.39 is 0 Å². The predicted octanol–water partition coefficient (Wildman–Crippen LogP) is 2.25. The van der Waals surface area contributed by atoms with Gasteiger partial charge in [0.2, 0.25) is 0 Å². The lowest BCUT2D eigenvalue weighted by Crippen LogP contribution is -2.58. The molecule has 0 radical (unpaired) electrons. The molecule has 0 spiro atoms. The molecule has 106 valence electrons. The van der Waals surface area contributed by atoms with E-state index in [0.717, 1.165) is 31.6 Å². The van der Waals surface area contributed by atoms with Gasteiger partial charge in [-0.3, -0.25) is 4.90 Å². The van der Waals surface area contributed by atoms with Gasteiger partial charge in [-0.1, -0.05) is 20.8 Å². The molecule has 18 heavy (non-hydrogen) atoms. The van der Waals surface area contributed by atoms with E-state index in [9.17, 15) is 0 Å². The van der Waals surface area contributed by atoms with Gasteiger partial charge >= 0.3 is 0 Å². The van der Waals surface area contributed by atoms with Gasteiger partial charge in [-0.05, 0) is 37.5 Å². The number of rotatable bonds is 3. The van der Waals surface area contributed by atoms with Crippen LogP contribution >= 0.6 is 0 Å². The minimum absolute atomic E-state index is 0.368. The van der Waals surface area contributed by atoms with E-state index in [2.05, 4.69) is 25.7 Å². The van der Waals surface area contributed by atoms with Crippen LogP contribution in [0.3, 0.4) is 0 Å². The Balaban J connectivity index is 2.03. The number of morpholine rings is 1. The lowest BCUT2D eigenvalue weighted by Gasteiger charge is -2.47. The molecule has 0 amide bonds. The summed E-state index contributed by atoms with van der Waals surface area (Å²) >= 11 is 0. The van der Waals surface area contributed by atoms with Crippen LogP contribution in [0.4, 0.5) is 0 Å². The molecule has 3 nitrogen and oxygen atoms in total. The highest BCUT2D eigenvalue weighted by atomic mass is 16.5. The number of hydrogen-bond donors (Lipinski definition) is 1. The van der Waals surface area contributed by atoms with Crippen LogP contribution in [0, 0.1) is 11.8 Å². The normalized spacial score (nSPS) is 39.2. The second-order valence-corrected chi connectivity index (χ2v) is 6.42. The zero-order valence-electron chi connectivity index (χ0n) is 12.3. The molecule has 0 aromatic rings. The first-order valence-corrected chi connectivity index (χ1v) is 7.72. The van der Waals surface area contributed by atoms with Gasteiger partial charge in [-0.2, -0.15) is 0 Å². The van der Waals surface area contributed by atoms with Crippen molar-refractivity contribution in [2.75, 3.05) is 19.8 Å². The highest BCUT2D eigenvalue weighted by Gasteiger charge is 2.37. The zero-order chi connectivity index (χ0) is 13.1. The summed E-state index contributed by atoms with van der Waals surface area (Å²) in [5.74, 6) is 1.65. The summed E-state index contributed by atoms with van der Waals surface area (Å²) in [5.41, 5.74) is 6.41. The summed E-state index contributed by atoms with van der Waals surface area (Å²) < 4.78 is 5.62. The Morgan fingerprint density at radius 2 is 2.11 bits per heavy atom. The molecular weight excluding hydrogens is 224 g/mol. The quantitative estimate of drug-likeness (QED) is 0.839. The van der Waals surface area contributed by atoms with E-state index in [1.807, 2.05) is 0 Å². The molecule has 2 fully saturated rings. The lowest BCUT2D eigenvalue weighted by molar-refractivity contribution is -0.0482. The maximum absolute atomic E-state index is 6.41. The van der Waals surface area contributed by atoms with Gasteiger partial charge in [-0.15, -0.1) is 0 Å². The van der Waals surface area contributed by atoms with Crippen molar-refractivity contribution in [2.45, 2.75) is 64.6 Å². The molecule has 1 aliphatic heterocycles. The van der Waals surface area contributed by atoms with Crippen molar-refractivity contribution in [1.29, 1.82) is 0 Å². The molecule has 1 heterocycles. The van der Waals surface area contributed by atoms with Gasteiger partial charge in [-0.25, -0.2) is 0 Å². The fourth-order valence-corrected chi connectivity index (χ4v) is 3.65. The molecule has 0 aromatic carbocycles. The minimum Gasteiger partial charge on any atom is -0.378 e. The first-order chi connectivity index (χ1) is 8.63. The standard InChI is InChI=1S/C15H30N2O/c1-4-13-10-18-8-7-17(13)15-9-12(11(2)3)5-6-14(15)16/h11-15H,4-10,16H2,1-3H3. The van der Waals surface area contributed by atoms with Crippen molar-refractivity contribution in [3.63, 3.8) is 0 Å². The first kappa shape index (κ1) is 14.3. The summed E-state index contributed by atoms with van der Waals surface area (Å²) in [6.45, 7) is 9.82. The number of hydrogen-bond acceptors (Lipinski definition) is 3. The lowest BCUT2D eigenvalue weighted by atomic mass is 9.76. The van der Waals surface area contributed by atoms with Gasteiger partial charge in [0.25, 0.3) is 0 Å². The molecule has 1 aliphatic carbocycles. The molecule has 1 saturated carbocycles. The van der Waals surface area contributed by atoms with Crippen LogP contribution in [0.5, 0.6) is 0 Å². The molecule has 1 saturated heterocycles. The third-order valence-electron chi connectivity index (χ3n) is 5.02. The first-order valence-electron chi connectivity index (χ1n) is 7.72. The predicted molar refractivity (Wildman–Crippen MR) is 75.5 cm³/mol. The van der Waals surface area contributed by atoms with Gasteiger partial charge in [0, 0.05) is 24.7 Å². The second kappa shape index (κ2) is 6.36. The highest BCUT2D eigenvalue weighted by Crippen LogP contribution is 2.33. The fraction of sp³-hybridized carbons (Fsp3) is 1.00. The van der Waals surface area contributed by atoms with Crippen LogP contribution in [0.2, 0.25) is 0 Å². The van der Waals surface area contributed by atoms with Gasteiger partial charge in [0.05, 0.1) is 13.2 Å². The molecule has 2 aliphatic rings. The highest BCUT2D eigenvalue weighted by molar-refractivity contribution is 4.93. The summed E-state index contributed by atoms with van der Waals surface area (Å²) in [6, 6.07) is 1.54. The Labute approximate surface area is 112 Å². The van der Waals surface area contributed by atoms with Crippen LogP contribution in [-0.4, -0.2) is 42.8 Å². The summed E-state index contributed by atoms with van der Waals surface area (Å²) in [7, 11) is 0. The van der Waals surface area contributed by atoms with Crippen molar-refractivity contribution in [3.8, 4) is 0 Å². The Morgan fingerprint density at radius 3 is 2.78 bits per heavy atom. The molecular formula is C15H30N2O. The smallest absolute Gasteiger partial charge is 0.0622 e. The Bertz CT molecular complexity index is 257. The Kier molecular flexibility index (Phi) is 5.05. The molecule has 2 N–H and O–H groups in total. The average molecular weight is 254 g/mol. The van der Waals surface area contributed by atoms with Gasteiger partial charge in [0.1, 0.15) is 0 Å². The van der Waals surface area contributed by atoms with Gasteiger partial charge < -0.3 is 10.5 Å². The van der Waals surface area contributed by atoms with E-state index in [4.69, 9.17) is 10.5 Å². The molecule has 0 aromatic heterocycles. The van der Waals surface area contributed by atoms with Gasteiger partial charge in [0.15, 0.2) is 0 Å². The van der Waals surface area contributed by atoms with Crippen molar-refractivity contribution >= 4 is 0 Å². The Morgan fingerprint density at radius 1 is 1.33 bits per heavy atom. The number of nitrogens with two attached hydrogens (primary N) is 1. The Hall–Kier alpha value is -0.120. The van der Waals surface area contributed by atoms with Crippen molar-refractivity contribution in [3.05, 3.63) is 0 Å². The van der Waals surface area contributed by atoms with Crippen LogP contribution in [0.1, 0.15) is 46.5 Å². The van der Waals surface area contributed by atoms with Crippen LogP contribution < -0.4 is 5.73 Å². The van der Waals surface area contributed by atoms with E-state index in [-0.39, 0.29) is 0 Å². The zero-order valence-corrected chi connectivity index (χ0v) is 12.3. The largest absolute Gasteiger partial charge is 0.378 e. The maximum Gasteiger partial charge on any atom is 0.0622 e. The molecule has 2 rings (SSSR count). The molecule has 4 unspecified atom stereocenters. The monoisotopic (exact) mass is 254 g/mol. The van der Waals surface area contributed by atoms with Crippen LogP contribution in [0.25, 0.3) is 0 Å². The second-order valence-electron chi connectivity index (χ2n) is 6.42. The van der Waals surface area contributed by atoms with Crippen LogP contribution in [-0.2, 0) is 4.74 Å². The summed E-state index contributed by atoms with van der Waals surface area (Å²) in [6.07, 6.45) is 4.97. The molecule has 3 heteroatoms. The number of nitrogens with zero attached hydrogens (tertiary/aromatic N) is 1. The van der Waals surface area contributed by atoms with E-state index >= 15 is 0 Å². The third kappa shape index (κ3) is 3.06.